The van der Waals surface area contributed by atoms with Gasteiger partial charge in [-0.05, 0) is 0 Å². The molecule has 6 nitrogen and oxygen atoms in total. The van der Waals surface area contributed by atoms with E-state index >= 15 is 0 Å². The summed E-state index contributed by atoms with van der Waals surface area (Å²) in [6.45, 7) is 1.74. The molecule has 0 bridgehead atoms. The molecule has 0 aromatic carbocycles. The van der Waals surface area contributed by atoms with E-state index in [1.807, 2.05) is 0 Å². The first kappa shape index (κ1) is 9.42. The van der Waals surface area contributed by atoms with E-state index in [0.717, 1.165) is 0 Å². The molecule has 14 heavy (non-hydrogen) atoms. The Labute approximate surface area is 81.4 Å². The number of piperazine rings is 1. The van der Waals surface area contributed by atoms with Gasteiger partial charge in [-0.15, -0.1) is 0 Å². The predicted octanol–water partition coefficient (Wildman–Crippen LogP) is -2.41. The van der Waals surface area contributed by atoms with Gasteiger partial charge in [0.2, 0.25) is 11.8 Å². The van der Waals surface area contributed by atoms with Gasteiger partial charge in [0.15, 0.2) is 0 Å². The average molecular weight is 199 g/mol. The first-order valence-electron chi connectivity index (χ1n) is 4.64. The van der Waals surface area contributed by atoms with E-state index in [4.69, 9.17) is 4.74 Å². The molecule has 0 aliphatic carbocycles. The molecule has 2 aliphatic rings. The highest BCUT2D eigenvalue weighted by molar-refractivity contribution is 5.86. The molecule has 2 amide bonds. The Morgan fingerprint density at radius 1 is 1.50 bits per heavy atom. The smallest absolute Gasteiger partial charge is 0.239 e. The molecular weight excluding hydrogens is 186 g/mol. The standard InChI is InChI=1S/C8H13N3O3/c12-7-2-9-6(1-10-7)8(13)11-5-3-14-4-5/h5-6,9H,1-4H2,(H,10,12)(H,11,13). The molecular formula is C8H13N3O3. The lowest BCUT2D eigenvalue weighted by molar-refractivity contribution is -0.129. The Hall–Kier alpha value is -1.14. The second kappa shape index (κ2) is 3.93. The maximum absolute atomic E-state index is 11.5. The summed E-state index contributed by atoms with van der Waals surface area (Å²) in [7, 11) is 0. The maximum atomic E-state index is 11.5. The first-order chi connectivity index (χ1) is 6.75. The molecule has 1 atom stereocenters. The lowest BCUT2D eigenvalue weighted by atomic mass is 10.2. The zero-order valence-electron chi connectivity index (χ0n) is 7.71. The molecule has 78 valence electrons. The molecule has 3 N–H and O–H groups in total. The predicted molar refractivity (Wildman–Crippen MR) is 47.6 cm³/mol. The van der Waals surface area contributed by atoms with Gasteiger partial charge in [-0.2, -0.15) is 0 Å². The van der Waals surface area contributed by atoms with Gasteiger partial charge in [0.1, 0.15) is 6.04 Å². The molecule has 0 spiro atoms. The summed E-state index contributed by atoms with van der Waals surface area (Å²) in [6.07, 6.45) is 0. The summed E-state index contributed by atoms with van der Waals surface area (Å²) < 4.78 is 4.94. The van der Waals surface area contributed by atoms with Crippen molar-refractivity contribution in [3.63, 3.8) is 0 Å². The minimum atomic E-state index is -0.312. The van der Waals surface area contributed by atoms with E-state index in [1.165, 1.54) is 0 Å². The second-order valence-corrected chi connectivity index (χ2v) is 3.48. The lowest BCUT2D eigenvalue weighted by Crippen LogP contribution is -2.61. The summed E-state index contributed by atoms with van der Waals surface area (Å²) in [4.78, 5) is 22.3. The van der Waals surface area contributed by atoms with E-state index in [9.17, 15) is 9.59 Å². The van der Waals surface area contributed by atoms with Gasteiger partial charge in [-0.3, -0.25) is 14.9 Å². The summed E-state index contributed by atoms with van der Waals surface area (Å²) >= 11 is 0. The number of nitrogens with one attached hydrogen (secondary N) is 3. The Balaban J connectivity index is 1.76. The lowest BCUT2D eigenvalue weighted by Gasteiger charge is -2.30. The van der Waals surface area contributed by atoms with Crippen LogP contribution in [0.3, 0.4) is 0 Å². The van der Waals surface area contributed by atoms with Crippen molar-refractivity contribution >= 4 is 11.8 Å². The minimum absolute atomic E-state index is 0.0685. The van der Waals surface area contributed by atoms with Crippen molar-refractivity contribution < 1.29 is 14.3 Å². The Morgan fingerprint density at radius 3 is 2.79 bits per heavy atom. The van der Waals surface area contributed by atoms with E-state index in [0.29, 0.717) is 19.8 Å². The van der Waals surface area contributed by atoms with Crippen molar-refractivity contribution in [3.05, 3.63) is 0 Å². The van der Waals surface area contributed by atoms with Crippen molar-refractivity contribution in [1.82, 2.24) is 16.0 Å². The van der Waals surface area contributed by atoms with Crippen LogP contribution in [0.15, 0.2) is 0 Å². The Kier molecular flexibility index (Phi) is 2.64. The van der Waals surface area contributed by atoms with Crippen LogP contribution in [0, 0.1) is 0 Å². The van der Waals surface area contributed by atoms with Gasteiger partial charge in [-0.1, -0.05) is 0 Å². The normalized spacial score (nSPS) is 27.7. The number of rotatable bonds is 2. The number of carbonyl (C=O) groups is 2. The average Bonchev–Trinajstić information content (AvgIpc) is 2.12. The highest BCUT2D eigenvalue weighted by Crippen LogP contribution is 2.00. The Bertz CT molecular complexity index is 242. The summed E-state index contributed by atoms with van der Waals surface area (Å²) in [5.41, 5.74) is 0. The van der Waals surface area contributed by atoms with Gasteiger partial charge in [0.25, 0.3) is 0 Å². The largest absolute Gasteiger partial charge is 0.377 e. The summed E-state index contributed by atoms with van der Waals surface area (Å²) in [5.74, 6) is -0.140. The summed E-state index contributed by atoms with van der Waals surface area (Å²) in [6, 6.07) is -0.171. The van der Waals surface area contributed by atoms with Crippen LogP contribution in [0.4, 0.5) is 0 Å². The van der Waals surface area contributed by atoms with Crippen LogP contribution >= 0.6 is 0 Å². The fourth-order valence-electron chi connectivity index (χ4n) is 1.37. The summed E-state index contributed by atoms with van der Waals surface area (Å²) in [5, 5.41) is 8.31. The number of ether oxygens (including phenoxy) is 1. The molecule has 2 saturated heterocycles. The van der Waals surface area contributed by atoms with E-state index in [-0.39, 0.29) is 30.4 Å². The van der Waals surface area contributed by atoms with Crippen LogP contribution in [0.2, 0.25) is 0 Å². The fraction of sp³-hybridized carbons (Fsp3) is 0.750. The SMILES string of the molecule is O=C1CNC(C(=O)NC2COC2)CN1. The van der Waals surface area contributed by atoms with Crippen LogP contribution in [-0.4, -0.2) is 50.2 Å². The number of amides is 2. The van der Waals surface area contributed by atoms with Crippen molar-refractivity contribution in [2.45, 2.75) is 12.1 Å². The Morgan fingerprint density at radius 2 is 2.29 bits per heavy atom. The third-order valence-corrected chi connectivity index (χ3v) is 2.31. The second-order valence-electron chi connectivity index (χ2n) is 3.48. The van der Waals surface area contributed by atoms with Crippen LogP contribution < -0.4 is 16.0 Å². The van der Waals surface area contributed by atoms with Gasteiger partial charge >= 0.3 is 0 Å². The van der Waals surface area contributed by atoms with Crippen LogP contribution in [-0.2, 0) is 14.3 Å². The van der Waals surface area contributed by atoms with Crippen LogP contribution in [0.1, 0.15) is 0 Å². The molecule has 2 heterocycles. The highest BCUT2D eigenvalue weighted by Gasteiger charge is 2.27. The van der Waals surface area contributed by atoms with E-state index in [1.54, 1.807) is 0 Å². The topological polar surface area (TPSA) is 79.5 Å². The maximum Gasteiger partial charge on any atom is 0.239 e. The van der Waals surface area contributed by atoms with Gasteiger partial charge in [0.05, 0.1) is 25.8 Å². The number of hydrogen-bond acceptors (Lipinski definition) is 4. The zero-order chi connectivity index (χ0) is 9.97. The third-order valence-electron chi connectivity index (χ3n) is 2.31. The molecule has 0 radical (unpaired) electrons. The van der Waals surface area contributed by atoms with Crippen LogP contribution in [0.25, 0.3) is 0 Å². The molecule has 2 fully saturated rings. The van der Waals surface area contributed by atoms with Crippen molar-refractivity contribution in [3.8, 4) is 0 Å². The quantitative estimate of drug-likeness (QED) is 0.463. The molecule has 1 unspecified atom stereocenters. The van der Waals surface area contributed by atoms with Gasteiger partial charge in [-0.25, -0.2) is 0 Å². The minimum Gasteiger partial charge on any atom is -0.377 e. The van der Waals surface area contributed by atoms with E-state index in [2.05, 4.69) is 16.0 Å². The van der Waals surface area contributed by atoms with Crippen molar-refractivity contribution in [1.29, 1.82) is 0 Å². The highest BCUT2D eigenvalue weighted by atomic mass is 16.5. The van der Waals surface area contributed by atoms with Crippen molar-refractivity contribution in [2.24, 2.45) is 0 Å². The molecule has 6 heteroatoms. The van der Waals surface area contributed by atoms with Crippen molar-refractivity contribution in [2.75, 3.05) is 26.3 Å². The molecule has 2 aliphatic heterocycles. The zero-order valence-corrected chi connectivity index (χ0v) is 7.71. The van der Waals surface area contributed by atoms with Gasteiger partial charge in [0, 0.05) is 6.54 Å². The third kappa shape index (κ3) is 2.02. The monoisotopic (exact) mass is 199 g/mol. The first-order valence-corrected chi connectivity index (χ1v) is 4.64. The van der Waals surface area contributed by atoms with E-state index < -0.39 is 0 Å². The molecule has 0 aromatic heterocycles. The number of carbonyl (C=O) groups excluding carboxylic acids is 2. The van der Waals surface area contributed by atoms with Gasteiger partial charge < -0.3 is 15.4 Å². The number of hydrogen-bond donors (Lipinski definition) is 3. The molecule has 0 aromatic rings. The molecule has 0 saturated carbocycles. The molecule has 2 rings (SSSR count). The van der Waals surface area contributed by atoms with Crippen LogP contribution in [0.5, 0.6) is 0 Å². The fourth-order valence-corrected chi connectivity index (χ4v) is 1.37.